The number of carbonyl (C=O) groups is 2. The Hall–Kier alpha value is -1.84. The average molecular weight is 304 g/mol. The standard InChI is InChI=1S/C18H28N2O2/c1-3-5-9-15(4-2)14-20-17(21)12-13-19-18(22)16-10-7-6-8-11-16/h6-8,10-11,15H,3-5,9,12-14H2,1-2H3,(H,19,22)(H,20,21). The van der Waals surface area contributed by atoms with E-state index in [4.69, 9.17) is 0 Å². The van der Waals surface area contributed by atoms with Gasteiger partial charge in [0.2, 0.25) is 5.91 Å². The second-order valence-corrected chi connectivity index (χ2v) is 5.59. The van der Waals surface area contributed by atoms with E-state index in [1.165, 1.54) is 12.8 Å². The van der Waals surface area contributed by atoms with Crippen LogP contribution in [-0.4, -0.2) is 24.9 Å². The van der Waals surface area contributed by atoms with E-state index >= 15 is 0 Å². The lowest BCUT2D eigenvalue weighted by Gasteiger charge is -2.15. The molecule has 0 aliphatic heterocycles. The van der Waals surface area contributed by atoms with Gasteiger partial charge >= 0.3 is 0 Å². The molecule has 0 aliphatic rings. The summed E-state index contributed by atoms with van der Waals surface area (Å²) >= 11 is 0. The highest BCUT2D eigenvalue weighted by Crippen LogP contribution is 2.11. The molecule has 0 saturated carbocycles. The Labute approximate surface area is 133 Å². The Morgan fingerprint density at radius 2 is 1.82 bits per heavy atom. The van der Waals surface area contributed by atoms with Crippen molar-refractivity contribution in [3.05, 3.63) is 35.9 Å². The van der Waals surface area contributed by atoms with Crippen molar-refractivity contribution in [2.75, 3.05) is 13.1 Å². The van der Waals surface area contributed by atoms with Crippen LogP contribution in [0.2, 0.25) is 0 Å². The maximum absolute atomic E-state index is 11.8. The minimum Gasteiger partial charge on any atom is -0.356 e. The molecule has 0 heterocycles. The van der Waals surface area contributed by atoms with Gasteiger partial charge in [-0.3, -0.25) is 9.59 Å². The Balaban J connectivity index is 2.19. The number of unbranched alkanes of at least 4 members (excludes halogenated alkanes) is 1. The zero-order chi connectivity index (χ0) is 16.2. The largest absolute Gasteiger partial charge is 0.356 e. The molecule has 1 rings (SSSR count). The number of nitrogens with one attached hydrogen (secondary N) is 2. The van der Waals surface area contributed by atoms with Gasteiger partial charge in [-0.1, -0.05) is 51.3 Å². The van der Waals surface area contributed by atoms with Gasteiger partial charge in [-0.25, -0.2) is 0 Å². The van der Waals surface area contributed by atoms with Crippen molar-refractivity contribution in [3.8, 4) is 0 Å². The summed E-state index contributed by atoms with van der Waals surface area (Å²) in [5.41, 5.74) is 0.619. The maximum atomic E-state index is 11.8. The molecular formula is C18H28N2O2. The fourth-order valence-corrected chi connectivity index (χ4v) is 2.27. The topological polar surface area (TPSA) is 58.2 Å². The first kappa shape index (κ1) is 18.2. The zero-order valence-corrected chi connectivity index (χ0v) is 13.7. The van der Waals surface area contributed by atoms with Gasteiger partial charge in [-0.15, -0.1) is 0 Å². The lowest BCUT2D eigenvalue weighted by Crippen LogP contribution is -2.33. The Kier molecular flexibility index (Phi) is 8.96. The van der Waals surface area contributed by atoms with Crippen molar-refractivity contribution in [1.82, 2.24) is 10.6 Å². The minimum absolute atomic E-state index is 0.00306. The van der Waals surface area contributed by atoms with E-state index in [1.807, 2.05) is 18.2 Å². The molecule has 0 aromatic heterocycles. The molecule has 0 radical (unpaired) electrons. The summed E-state index contributed by atoms with van der Waals surface area (Å²) < 4.78 is 0. The summed E-state index contributed by atoms with van der Waals surface area (Å²) in [5.74, 6) is 0.425. The quantitative estimate of drug-likeness (QED) is 0.697. The Morgan fingerprint density at radius 1 is 1.09 bits per heavy atom. The number of carbonyl (C=O) groups excluding carboxylic acids is 2. The molecule has 1 atom stereocenters. The highest BCUT2D eigenvalue weighted by atomic mass is 16.2. The van der Waals surface area contributed by atoms with Gasteiger partial charge < -0.3 is 10.6 Å². The monoisotopic (exact) mass is 304 g/mol. The first-order valence-corrected chi connectivity index (χ1v) is 8.27. The molecule has 1 unspecified atom stereocenters. The van der Waals surface area contributed by atoms with Crippen LogP contribution in [0.5, 0.6) is 0 Å². The molecule has 4 nitrogen and oxygen atoms in total. The molecule has 22 heavy (non-hydrogen) atoms. The molecule has 1 aromatic carbocycles. The molecule has 0 aliphatic carbocycles. The molecular weight excluding hydrogens is 276 g/mol. The van der Waals surface area contributed by atoms with Crippen LogP contribution >= 0.6 is 0 Å². The normalized spacial score (nSPS) is 11.7. The smallest absolute Gasteiger partial charge is 0.251 e. The maximum Gasteiger partial charge on any atom is 0.251 e. The van der Waals surface area contributed by atoms with E-state index in [2.05, 4.69) is 24.5 Å². The van der Waals surface area contributed by atoms with Gasteiger partial charge in [-0.05, 0) is 24.5 Å². The van der Waals surface area contributed by atoms with Crippen LogP contribution in [0.1, 0.15) is 56.3 Å². The highest BCUT2D eigenvalue weighted by Gasteiger charge is 2.09. The zero-order valence-electron chi connectivity index (χ0n) is 13.7. The molecule has 0 saturated heterocycles. The molecule has 0 bridgehead atoms. The number of benzene rings is 1. The van der Waals surface area contributed by atoms with Crippen LogP contribution in [0.3, 0.4) is 0 Å². The second kappa shape index (κ2) is 10.8. The number of rotatable bonds is 10. The summed E-state index contributed by atoms with van der Waals surface area (Å²) in [4.78, 5) is 23.6. The van der Waals surface area contributed by atoms with Crippen LogP contribution in [0.4, 0.5) is 0 Å². The van der Waals surface area contributed by atoms with Crippen molar-refractivity contribution in [3.63, 3.8) is 0 Å². The molecule has 122 valence electrons. The SMILES string of the molecule is CCCCC(CC)CNC(=O)CCNC(=O)c1ccccc1. The highest BCUT2D eigenvalue weighted by molar-refractivity contribution is 5.94. The average Bonchev–Trinajstić information content (AvgIpc) is 2.55. The summed E-state index contributed by atoms with van der Waals surface area (Å²) in [7, 11) is 0. The molecule has 4 heteroatoms. The first-order chi connectivity index (χ1) is 10.7. The summed E-state index contributed by atoms with van der Waals surface area (Å²) in [6.07, 6.45) is 4.98. The van der Waals surface area contributed by atoms with Crippen molar-refractivity contribution in [1.29, 1.82) is 0 Å². The van der Waals surface area contributed by atoms with E-state index in [1.54, 1.807) is 12.1 Å². The predicted octanol–water partition coefficient (Wildman–Crippen LogP) is 3.14. The van der Waals surface area contributed by atoms with Gasteiger partial charge in [0.1, 0.15) is 0 Å². The van der Waals surface area contributed by atoms with Gasteiger partial charge in [0.25, 0.3) is 5.91 Å². The number of hydrogen-bond donors (Lipinski definition) is 2. The van der Waals surface area contributed by atoms with Gasteiger partial charge in [0.05, 0.1) is 0 Å². The fraction of sp³-hybridized carbons (Fsp3) is 0.556. The molecule has 0 spiro atoms. The molecule has 0 fully saturated rings. The third-order valence-electron chi connectivity index (χ3n) is 3.80. The van der Waals surface area contributed by atoms with Crippen molar-refractivity contribution in [2.45, 2.75) is 46.0 Å². The van der Waals surface area contributed by atoms with Crippen molar-refractivity contribution in [2.24, 2.45) is 5.92 Å². The number of amides is 2. The fourth-order valence-electron chi connectivity index (χ4n) is 2.27. The lowest BCUT2D eigenvalue weighted by molar-refractivity contribution is -0.121. The third kappa shape index (κ3) is 7.25. The van der Waals surface area contributed by atoms with E-state index in [9.17, 15) is 9.59 Å². The first-order valence-electron chi connectivity index (χ1n) is 8.27. The van der Waals surface area contributed by atoms with Crippen molar-refractivity contribution < 1.29 is 9.59 Å². The van der Waals surface area contributed by atoms with Crippen molar-refractivity contribution >= 4 is 11.8 Å². The van der Waals surface area contributed by atoms with Crippen LogP contribution in [0, 0.1) is 5.92 Å². The van der Waals surface area contributed by atoms with Crippen LogP contribution in [0.25, 0.3) is 0 Å². The summed E-state index contributed by atoms with van der Waals surface area (Å²) in [6.45, 7) is 5.45. The van der Waals surface area contributed by atoms with Gasteiger partial charge in [-0.2, -0.15) is 0 Å². The van der Waals surface area contributed by atoms with E-state index in [-0.39, 0.29) is 11.8 Å². The third-order valence-corrected chi connectivity index (χ3v) is 3.80. The summed E-state index contributed by atoms with van der Waals surface area (Å²) in [6, 6.07) is 9.03. The molecule has 2 amide bonds. The molecule has 2 N–H and O–H groups in total. The van der Waals surface area contributed by atoms with E-state index in [0.717, 1.165) is 19.4 Å². The van der Waals surface area contributed by atoms with E-state index < -0.39 is 0 Å². The Bertz CT molecular complexity index is 446. The lowest BCUT2D eigenvalue weighted by atomic mass is 9.99. The predicted molar refractivity (Wildman–Crippen MR) is 89.7 cm³/mol. The van der Waals surface area contributed by atoms with Crippen LogP contribution in [0.15, 0.2) is 30.3 Å². The second-order valence-electron chi connectivity index (χ2n) is 5.59. The minimum atomic E-state index is -0.136. The van der Waals surface area contributed by atoms with E-state index in [0.29, 0.717) is 24.4 Å². The van der Waals surface area contributed by atoms with Gasteiger partial charge in [0.15, 0.2) is 0 Å². The van der Waals surface area contributed by atoms with Crippen LogP contribution < -0.4 is 10.6 Å². The van der Waals surface area contributed by atoms with Crippen LogP contribution in [-0.2, 0) is 4.79 Å². The number of hydrogen-bond acceptors (Lipinski definition) is 2. The summed E-state index contributed by atoms with van der Waals surface area (Å²) in [5, 5.41) is 5.73. The van der Waals surface area contributed by atoms with Gasteiger partial charge in [0, 0.05) is 25.1 Å². The Morgan fingerprint density at radius 3 is 2.45 bits per heavy atom. The molecule has 1 aromatic rings.